The van der Waals surface area contributed by atoms with E-state index in [1.165, 1.54) is 0 Å². The number of ether oxygens (including phenoxy) is 2. The highest BCUT2D eigenvalue weighted by Crippen LogP contribution is 2.34. The number of aliphatic hydroxyl groups is 4. The number of rotatable bonds is 8. The number of carbonyl (C=O) groups is 1. The van der Waals surface area contributed by atoms with Gasteiger partial charge in [0.25, 0.3) is 5.79 Å². The maximum absolute atomic E-state index is 12.0. The number of nitrogens with one attached hydrogen (secondary N) is 1. The third-order valence-corrected chi connectivity index (χ3v) is 4.62. The second kappa shape index (κ2) is 9.70. The topological polar surface area (TPSA) is 149 Å². The smallest absolute Gasteiger partial charge is 0.364 e. The molecule has 1 aromatic carbocycles. The summed E-state index contributed by atoms with van der Waals surface area (Å²) in [4.78, 5) is 12.3. The van der Waals surface area contributed by atoms with E-state index in [4.69, 9.17) is 26.8 Å². The van der Waals surface area contributed by atoms with Gasteiger partial charge < -0.3 is 40.3 Å². The van der Waals surface area contributed by atoms with Gasteiger partial charge in [-0.2, -0.15) is 0 Å². The molecule has 1 aliphatic rings. The van der Waals surface area contributed by atoms with Gasteiger partial charge in [-0.15, -0.1) is 0 Å². The lowest BCUT2D eigenvalue weighted by Gasteiger charge is -2.46. The Bertz CT molecular complexity index is 675. The van der Waals surface area contributed by atoms with E-state index in [2.05, 4.69) is 5.32 Å². The molecule has 0 radical (unpaired) electrons. The number of thiocarbonyl (C=S) groups is 1. The van der Waals surface area contributed by atoms with Crippen LogP contribution in [0.15, 0.2) is 30.3 Å². The minimum absolute atomic E-state index is 0.116. The van der Waals surface area contributed by atoms with E-state index in [-0.39, 0.29) is 11.6 Å². The van der Waals surface area contributed by atoms with E-state index in [0.29, 0.717) is 5.56 Å². The first-order valence-corrected chi connectivity index (χ1v) is 9.12. The van der Waals surface area contributed by atoms with Gasteiger partial charge in [-0.3, -0.25) is 0 Å². The number of carboxylic acids is 1. The van der Waals surface area contributed by atoms with Crippen molar-refractivity contribution in [1.82, 2.24) is 5.32 Å². The first-order chi connectivity index (χ1) is 13.2. The van der Waals surface area contributed by atoms with Crippen molar-refractivity contribution in [1.29, 1.82) is 0 Å². The molecule has 1 heterocycles. The summed E-state index contributed by atoms with van der Waals surface area (Å²) in [6.07, 6.45) is -6.51. The third kappa shape index (κ3) is 5.23. The highest BCUT2D eigenvalue weighted by molar-refractivity contribution is 7.80. The summed E-state index contributed by atoms with van der Waals surface area (Å²) in [6, 6.07) is 7.77. The maximum Gasteiger partial charge on any atom is 0.364 e. The number of hydrogen-bond acceptors (Lipinski definition) is 8. The fourth-order valence-electron chi connectivity index (χ4n) is 3.05. The van der Waals surface area contributed by atoms with Crippen molar-refractivity contribution in [3.63, 3.8) is 0 Å². The minimum atomic E-state index is -2.26. The van der Waals surface area contributed by atoms with Crippen LogP contribution in [-0.4, -0.2) is 79.3 Å². The van der Waals surface area contributed by atoms with Gasteiger partial charge in [0.15, 0.2) is 0 Å². The zero-order valence-electron chi connectivity index (χ0n) is 15.3. The average molecular weight is 415 g/mol. The molecule has 0 unspecified atom stereocenters. The Labute approximate surface area is 167 Å². The summed E-state index contributed by atoms with van der Waals surface area (Å²) in [6.45, 7) is 0.639. The number of aliphatic carboxylic acids is 1. The Morgan fingerprint density at radius 3 is 2.57 bits per heavy atom. The van der Waals surface area contributed by atoms with Gasteiger partial charge in [0, 0.05) is 6.42 Å². The lowest BCUT2D eigenvalue weighted by atomic mass is 9.88. The highest BCUT2D eigenvalue weighted by atomic mass is 32.1. The molecule has 1 aliphatic heterocycles. The monoisotopic (exact) mass is 415 g/mol. The van der Waals surface area contributed by atoms with E-state index in [9.17, 15) is 25.2 Å². The van der Waals surface area contributed by atoms with E-state index >= 15 is 0 Å². The standard InChI is InChI=1S/C18H25NO8S/c1-10(28)19-14-12(21)7-18(17(24)25,26-9-11-5-3-2-4-6-11)27-16(14)15(23)13(22)8-20/h2-6,12-16,20-23H,7-9H2,1H3,(H,19,28)(H,24,25)/t12-,13+,14+,15+,16+,18-/m0/s1. The first-order valence-electron chi connectivity index (χ1n) is 8.71. The van der Waals surface area contributed by atoms with E-state index in [1.807, 2.05) is 0 Å². The lowest BCUT2D eigenvalue weighted by Crippen LogP contribution is -2.67. The molecule has 6 N–H and O–H groups in total. The largest absolute Gasteiger partial charge is 0.477 e. The van der Waals surface area contributed by atoms with Crippen LogP contribution in [0.2, 0.25) is 0 Å². The summed E-state index contributed by atoms with van der Waals surface area (Å²) in [7, 11) is 0. The number of benzene rings is 1. The lowest BCUT2D eigenvalue weighted by molar-refractivity contribution is -0.314. The van der Waals surface area contributed by atoms with Crippen LogP contribution in [-0.2, 0) is 20.9 Å². The first kappa shape index (κ1) is 22.6. The Morgan fingerprint density at radius 1 is 1.39 bits per heavy atom. The van der Waals surface area contributed by atoms with E-state index in [1.54, 1.807) is 37.3 Å². The van der Waals surface area contributed by atoms with Crippen LogP contribution in [0.3, 0.4) is 0 Å². The Balaban J connectivity index is 2.31. The van der Waals surface area contributed by atoms with Crippen LogP contribution in [0, 0.1) is 0 Å². The molecule has 0 spiro atoms. The normalized spacial score (nSPS) is 29.7. The van der Waals surface area contributed by atoms with Crippen LogP contribution < -0.4 is 5.32 Å². The molecule has 0 aliphatic carbocycles. The molecule has 0 bridgehead atoms. The van der Waals surface area contributed by atoms with Gasteiger partial charge >= 0.3 is 5.97 Å². The van der Waals surface area contributed by atoms with Gasteiger partial charge in [0.05, 0.1) is 30.3 Å². The molecule has 0 amide bonds. The molecule has 6 atom stereocenters. The minimum Gasteiger partial charge on any atom is -0.477 e. The zero-order valence-corrected chi connectivity index (χ0v) is 16.1. The molecular formula is C18H25NO8S. The summed E-state index contributed by atoms with van der Waals surface area (Å²) < 4.78 is 11.1. The van der Waals surface area contributed by atoms with Crippen molar-refractivity contribution in [2.75, 3.05) is 6.61 Å². The zero-order chi connectivity index (χ0) is 20.9. The number of aliphatic hydroxyl groups excluding tert-OH is 4. The second-order valence-corrected chi connectivity index (χ2v) is 7.27. The van der Waals surface area contributed by atoms with Crippen molar-refractivity contribution in [3.8, 4) is 0 Å². The highest BCUT2D eigenvalue weighted by Gasteiger charge is 2.55. The number of carboxylic acid groups (broad SMARTS) is 1. The fourth-order valence-corrected chi connectivity index (χ4v) is 3.19. The van der Waals surface area contributed by atoms with E-state index < -0.39 is 55.2 Å². The Kier molecular flexibility index (Phi) is 7.84. The van der Waals surface area contributed by atoms with Crippen LogP contribution in [0.4, 0.5) is 0 Å². The van der Waals surface area contributed by atoms with Gasteiger partial charge in [0.1, 0.15) is 18.3 Å². The van der Waals surface area contributed by atoms with E-state index in [0.717, 1.165) is 0 Å². The summed E-state index contributed by atoms with van der Waals surface area (Å²) in [5.41, 5.74) is 0.684. The predicted molar refractivity (Wildman–Crippen MR) is 101 cm³/mol. The van der Waals surface area contributed by atoms with Crippen molar-refractivity contribution in [3.05, 3.63) is 35.9 Å². The molecular weight excluding hydrogens is 390 g/mol. The number of hydrogen-bond donors (Lipinski definition) is 6. The van der Waals surface area contributed by atoms with Crippen molar-refractivity contribution in [2.45, 2.75) is 56.2 Å². The molecule has 28 heavy (non-hydrogen) atoms. The van der Waals surface area contributed by atoms with Crippen LogP contribution in [0.25, 0.3) is 0 Å². The van der Waals surface area contributed by atoms with Crippen molar-refractivity contribution in [2.24, 2.45) is 0 Å². The third-order valence-electron chi connectivity index (χ3n) is 4.50. The van der Waals surface area contributed by atoms with Gasteiger partial charge in [0.2, 0.25) is 0 Å². The maximum atomic E-state index is 12.0. The van der Waals surface area contributed by atoms with Crippen molar-refractivity contribution >= 4 is 23.2 Å². The molecule has 2 rings (SSSR count). The molecule has 10 heteroatoms. The molecule has 9 nitrogen and oxygen atoms in total. The second-order valence-electron chi connectivity index (χ2n) is 6.65. The van der Waals surface area contributed by atoms with Crippen LogP contribution >= 0.6 is 12.2 Å². The van der Waals surface area contributed by atoms with Gasteiger partial charge in [-0.05, 0) is 12.5 Å². The fraction of sp³-hybridized carbons (Fsp3) is 0.556. The Hall–Kier alpha value is -1.66. The summed E-state index contributed by atoms with van der Waals surface area (Å²) in [5.74, 6) is -3.75. The Morgan fingerprint density at radius 2 is 2.04 bits per heavy atom. The molecule has 1 fully saturated rings. The van der Waals surface area contributed by atoms with Gasteiger partial charge in [-0.1, -0.05) is 42.5 Å². The van der Waals surface area contributed by atoms with Crippen LogP contribution in [0.1, 0.15) is 18.9 Å². The molecule has 1 saturated heterocycles. The predicted octanol–water partition coefficient (Wildman–Crippen LogP) is -0.846. The molecule has 1 aromatic rings. The average Bonchev–Trinajstić information content (AvgIpc) is 2.67. The SMILES string of the molecule is CC(=S)N[C@H]1[C@H]([C@H](O)[C@H](O)CO)O[C@](OCc2ccccc2)(C(=O)O)C[C@@H]1O. The van der Waals surface area contributed by atoms with Gasteiger partial charge in [-0.25, -0.2) is 4.79 Å². The quantitative estimate of drug-likeness (QED) is 0.297. The molecule has 0 aromatic heterocycles. The molecule has 0 saturated carbocycles. The summed E-state index contributed by atoms with van der Waals surface area (Å²) in [5, 5.41) is 52.4. The summed E-state index contributed by atoms with van der Waals surface area (Å²) >= 11 is 4.97. The molecule has 156 valence electrons. The van der Waals surface area contributed by atoms with Crippen molar-refractivity contribution < 1.29 is 39.8 Å². The van der Waals surface area contributed by atoms with Crippen LogP contribution in [0.5, 0.6) is 0 Å².